The molecule has 0 amide bonds. The molecule has 1 aliphatic rings. The van der Waals surface area contributed by atoms with Crippen LogP contribution >= 0.6 is 11.6 Å². The molecule has 1 aliphatic carbocycles. The maximum absolute atomic E-state index is 6.16. The van der Waals surface area contributed by atoms with Crippen LogP contribution in [0.3, 0.4) is 0 Å². The van der Waals surface area contributed by atoms with E-state index >= 15 is 0 Å². The van der Waals surface area contributed by atoms with E-state index in [0.29, 0.717) is 0 Å². The van der Waals surface area contributed by atoms with Crippen LogP contribution in [0.25, 0.3) is 0 Å². The Morgan fingerprint density at radius 2 is 2.30 bits per heavy atom. The molecule has 110 valence electrons. The highest BCUT2D eigenvalue weighted by Gasteiger charge is 2.16. The SMILES string of the molecule is CCCNC(C)c1cc(Cl)ccc1OC1C=CCCC1. The summed E-state index contributed by atoms with van der Waals surface area (Å²) in [5, 5.41) is 4.26. The predicted molar refractivity (Wildman–Crippen MR) is 85.6 cm³/mol. The zero-order valence-corrected chi connectivity index (χ0v) is 13.1. The highest BCUT2D eigenvalue weighted by atomic mass is 35.5. The van der Waals surface area contributed by atoms with Crippen LogP contribution < -0.4 is 10.1 Å². The molecule has 0 bridgehead atoms. The number of nitrogens with one attached hydrogen (secondary N) is 1. The first kappa shape index (κ1) is 15.4. The van der Waals surface area contributed by atoms with Crippen LogP contribution in [0.4, 0.5) is 0 Å². The van der Waals surface area contributed by atoms with Crippen LogP contribution in [0.5, 0.6) is 5.75 Å². The van der Waals surface area contributed by atoms with Gasteiger partial charge in [0.15, 0.2) is 0 Å². The molecule has 0 saturated heterocycles. The molecule has 1 N–H and O–H groups in total. The fourth-order valence-electron chi connectivity index (χ4n) is 2.48. The van der Waals surface area contributed by atoms with Crippen LogP contribution in [-0.2, 0) is 0 Å². The lowest BCUT2D eigenvalue weighted by molar-refractivity contribution is 0.226. The van der Waals surface area contributed by atoms with Crippen molar-refractivity contribution in [2.45, 2.75) is 51.7 Å². The van der Waals surface area contributed by atoms with Gasteiger partial charge in [-0.25, -0.2) is 0 Å². The molecule has 1 aromatic rings. The quantitative estimate of drug-likeness (QED) is 0.754. The standard InChI is InChI=1S/C17H24ClNO/c1-3-11-19-13(2)16-12-14(18)9-10-17(16)20-15-7-5-4-6-8-15/h5,7,9-10,12-13,15,19H,3-4,6,8,11H2,1-2H3. The summed E-state index contributed by atoms with van der Waals surface area (Å²) in [5.41, 5.74) is 1.14. The van der Waals surface area contributed by atoms with Gasteiger partial charge >= 0.3 is 0 Å². The molecule has 2 rings (SSSR count). The van der Waals surface area contributed by atoms with Crippen molar-refractivity contribution in [3.8, 4) is 5.75 Å². The zero-order chi connectivity index (χ0) is 14.4. The summed E-state index contributed by atoms with van der Waals surface area (Å²) in [5.74, 6) is 0.946. The molecule has 3 heteroatoms. The Balaban J connectivity index is 2.14. The minimum atomic E-state index is 0.196. The summed E-state index contributed by atoms with van der Waals surface area (Å²) in [6.45, 7) is 5.32. The smallest absolute Gasteiger partial charge is 0.125 e. The van der Waals surface area contributed by atoms with Gasteiger partial charge in [0, 0.05) is 16.6 Å². The minimum absolute atomic E-state index is 0.196. The van der Waals surface area contributed by atoms with E-state index in [1.54, 1.807) is 0 Å². The fraction of sp³-hybridized carbons (Fsp3) is 0.529. The van der Waals surface area contributed by atoms with Crippen LogP contribution in [0.1, 0.15) is 51.1 Å². The van der Waals surface area contributed by atoms with E-state index in [0.717, 1.165) is 35.7 Å². The summed E-state index contributed by atoms with van der Waals surface area (Å²) < 4.78 is 6.16. The van der Waals surface area contributed by atoms with Crippen molar-refractivity contribution in [1.82, 2.24) is 5.32 Å². The number of benzene rings is 1. The van der Waals surface area contributed by atoms with Crippen molar-refractivity contribution in [3.63, 3.8) is 0 Å². The average Bonchev–Trinajstić information content (AvgIpc) is 2.47. The zero-order valence-electron chi connectivity index (χ0n) is 12.4. The van der Waals surface area contributed by atoms with Gasteiger partial charge in [-0.05, 0) is 63.4 Å². The van der Waals surface area contributed by atoms with E-state index in [2.05, 4.69) is 31.3 Å². The molecule has 0 aliphatic heterocycles. The number of ether oxygens (including phenoxy) is 1. The highest BCUT2D eigenvalue weighted by Crippen LogP contribution is 2.30. The molecule has 0 heterocycles. The lowest BCUT2D eigenvalue weighted by Gasteiger charge is -2.23. The fourth-order valence-corrected chi connectivity index (χ4v) is 2.66. The van der Waals surface area contributed by atoms with Gasteiger partial charge in [0.05, 0.1) is 0 Å². The monoisotopic (exact) mass is 293 g/mol. The van der Waals surface area contributed by atoms with Gasteiger partial charge in [0.2, 0.25) is 0 Å². The van der Waals surface area contributed by atoms with Crippen molar-refractivity contribution < 1.29 is 4.74 Å². The van der Waals surface area contributed by atoms with E-state index < -0.39 is 0 Å². The Hall–Kier alpha value is -0.990. The first-order chi connectivity index (χ1) is 9.70. The van der Waals surface area contributed by atoms with Crippen molar-refractivity contribution in [2.75, 3.05) is 6.54 Å². The van der Waals surface area contributed by atoms with E-state index in [-0.39, 0.29) is 12.1 Å². The van der Waals surface area contributed by atoms with Crippen LogP contribution in [0.15, 0.2) is 30.4 Å². The van der Waals surface area contributed by atoms with E-state index in [9.17, 15) is 0 Å². The average molecular weight is 294 g/mol. The molecule has 20 heavy (non-hydrogen) atoms. The molecule has 0 aromatic heterocycles. The van der Waals surface area contributed by atoms with Crippen molar-refractivity contribution in [3.05, 3.63) is 40.9 Å². The third kappa shape index (κ3) is 4.26. The van der Waals surface area contributed by atoms with Crippen LogP contribution in [-0.4, -0.2) is 12.6 Å². The largest absolute Gasteiger partial charge is 0.486 e. The molecule has 1 aromatic carbocycles. The Bertz CT molecular complexity index is 458. The molecular formula is C17H24ClNO. The Kier molecular flexibility index (Phi) is 5.93. The van der Waals surface area contributed by atoms with Crippen LogP contribution in [0.2, 0.25) is 5.02 Å². The van der Waals surface area contributed by atoms with Gasteiger partial charge in [-0.15, -0.1) is 0 Å². The van der Waals surface area contributed by atoms with E-state index in [4.69, 9.17) is 16.3 Å². The van der Waals surface area contributed by atoms with Crippen molar-refractivity contribution >= 4 is 11.6 Å². The van der Waals surface area contributed by atoms with E-state index in [1.807, 2.05) is 18.2 Å². The second-order valence-electron chi connectivity index (χ2n) is 5.37. The summed E-state index contributed by atoms with van der Waals surface area (Å²) in [4.78, 5) is 0. The molecule has 0 saturated carbocycles. The van der Waals surface area contributed by atoms with Gasteiger partial charge in [-0.2, -0.15) is 0 Å². The lowest BCUT2D eigenvalue weighted by Crippen LogP contribution is -2.22. The highest BCUT2D eigenvalue weighted by molar-refractivity contribution is 6.30. The Morgan fingerprint density at radius 1 is 1.45 bits per heavy atom. The first-order valence-corrected chi connectivity index (χ1v) is 7.94. The Morgan fingerprint density at radius 3 is 3.00 bits per heavy atom. The third-order valence-corrected chi connectivity index (χ3v) is 3.86. The predicted octanol–water partition coefficient (Wildman–Crippen LogP) is 4.89. The van der Waals surface area contributed by atoms with Crippen molar-refractivity contribution in [2.24, 2.45) is 0 Å². The maximum Gasteiger partial charge on any atom is 0.125 e. The lowest BCUT2D eigenvalue weighted by atomic mass is 10.0. The Labute approximate surface area is 127 Å². The molecular weight excluding hydrogens is 270 g/mol. The van der Waals surface area contributed by atoms with Crippen LogP contribution in [0, 0.1) is 0 Å². The molecule has 0 spiro atoms. The van der Waals surface area contributed by atoms with Gasteiger partial charge in [-0.1, -0.05) is 24.6 Å². The molecule has 0 fully saturated rings. The summed E-state index contributed by atoms with van der Waals surface area (Å²) in [6.07, 6.45) is 9.16. The van der Waals surface area contributed by atoms with Gasteiger partial charge in [0.25, 0.3) is 0 Å². The normalized spacial score (nSPS) is 19.9. The van der Waals surface area contributed by atoms with Gasteiger partial charge in [-0.3, -0.25) is 0 Å². The minimum Gasteiger partial charge on any atom is -0.486 e. The molecule has 0 radical (unpaired) electrons. The topological polar surface area (TPSA) is 21.3 Å². The van der Waals surface area contributed by atoms with Gasteiger partial charge in [0.1, 0.15) is 11.9 Å². The third-order valence-electron chi connectivity index (χ3n) is 3.63. The second-order valence-corrected chi connectivity index (χ2v) is 5.81. The summed E-state index contributed by atoms with van der Waals surface area (Å²) in [7, 11) is 0. The second kappa shape index (κ2) is 7.70. The number of allylic oxidation sites excluding steroid dienone is 1. The summed E-state index contributed by atoms with van der Waals surface area (Å²) in [6, 6.07) is 6.15. The molecule has 2 unspecified atom stereocenters. The molecule has 2 atom stereocenters. The number of halogens is 1. The van der Waals surface area contributed by atoms with E-state index in [1.165, 1.54) is 12.8 Å². The first-order valence-electron chi connectivity index (χ1n) is 7.57. The number of hydrogen-bond donors (Lipinski definition) is 1. The van der Waals surface area contributed by atoms with Crippen molar-refractivity contribution in [1.29, 1.82) is 0 Å². The summed E-state index contributed by atoms with van der Waals surface area (Å²) >= 11 is 6.14. The number of rotatable bonds is 6. The number of hydrogen-bond acceptors (Lipinski definition) is 2. The maximum atomic E-state index is 6.16. The molecule has 2 nitrogen and oxygen atoms in total. The van der Waals surface area contributed by atoms with Gasteiger partial charge < -0.3 is 10.1 Å².